The minimum Gasteiger partial charge on any atom is -0.394 e. The van der Waals surface area contributed by atoms with E-state index < -0.39 is 37.3 Å². The van der Waals surface area contributed by atoms with Crippen LogP contribution in [-0.2, 0) is 9.47 Å². The molecule has 5 atom stereocenters. The summed E-state index contributed by atoms with van der Waals surface area (Å²) in [6.45, 7) is 3.06. The molecular weight excluding hydrogens is 204 g/mol. The molecule has 0 aromatic rings. The molecule has 1 aliphatic heterocycles. The van der Waals surface area contributed by atoms with Crippen LogP contribution in [0.4, 0.5) is 0 Å². The summed E-state index contributed by atoms with van der Waals surface area (Å²) >= 11 is 0. The molecule has 0 amide bonds. The van der Waals surface area contributed by atoms with Gasteiger partial charge < -0.3 is 29.9 Å². The minimum absolute atomic E-state index is 0.188. The van der Waals surface area contributed by atoms with Crippen molar-refractivity contribution in [2.24, 2.45) is 0 Å². The Kier molecular flexibility index (Phi) is 4.45. The molecule has 0 radical (unpaired) electrons. The van der Waals surface area contributed by atoms with E-state index in [0.717, 1.165) is 0 Å². The summed E-state index contributed by atoms with van der Waals surface area (Å²) < 4.78 is 10.3. The molecule has 0 saturated carbocycles. The van der Waals surface area contributed by atoms with Crippen LogP contribution in [-0.4, -0.2) is 63.8 Å². The van der Waals surface area contributed by atoms with Gasteiger partial charge in [-0.15, -0.1) is 0 Å². The number of aliphatic hydroxyl groups is 4. The van der Waals surface area contributed by atoms with Gasteiger partial charge in [0.15, 0.2) is 6.29 Å². The summed E-state index contributed by atoms with van der Waals surface area (Å²) in [5.41, 5.74) is 0. The van der Waals surface area contributed by atoms with E-state index in [-0.39, 0.29) is 6.10 Å². The standard InChI is InChI=1S/C9H18O6/c1-4(2)14-9-8(13)7(12)6(11)5(3-10)15-9/h4-13H,3H2,1-2H3/t5?,6-,7?,8?,9-/m1/s1. The van der Waals surface area contributed by atoms with Gasteiger partial charge in [-0.05, 0) is 13.8 Å². The van der Waals surface area contributed by atoms with Crippen LogP contribution in [0.15, 0.2) is 0 Å². The maximum Gasteiger partial charge on any atom is 0.186 e. The van der Waals surface area contributed by atoms with Gasteiger partial charge in [0.05, 0.1) is 12.7 Å². The highest BCUT2D eigenvalue weighted by atomic mass is 16.7. The van der Waals surface area contributed by atoms with Crippen molar-refractivity contribution in [3.8, 4) is 0 Å². The van der Waals surface area contributed by atoms with E-state index in [1.165, 1.54) is 0 Å². The smallest absolute Gasteiger partial charge is 0.186 e. The van der Waals surface area contributed by atoms with Crippen molar-refractivity contribution in [1.29, 1.82) is 0 Å². The molecule has 0 spiro atoms. The average molecular weight is 222 g/mol. The second kappa shape index (κ2) is 5.20. The first-order valence-corrected chi connectivity index (χ1v) is 4.93. The lowest BCUT2D eigenvalue weighted by Gasteiger charge is -2.40. The van der Waals surface area contributed by atoms with Crippen molar-refractivity contribution in [2.45, 2.75) is 50.7 Å². The quantitative estimate of drug-likeness (QED) is 0.450. The third kappa shape index (κ3) is 2.87. The predicted molar refractivity (Wildman–Crippen MR) is 50.0 cm³/mol. The van der Waals surface area contributed by atoms with Crippen molar-refractivity contribution in [3.05, 3.63) is 0 Å². The van der Waals surface area contributed by atoms with Crippen LogP contribution in [0.3, 0.4) is 0 Å². The van der Waals surface area contributed by atoms with E-state index in [1.807, 2.05) is 0 Å². The fraction of sp³-hybridized carbons (Fsp3) is 1.00. The zero-order valence-electron chi connectivity index (χ0n) is 8.78. The molecule has 0 aromatic carbocycles. The molecule has 0 aliphatic carbocycles. The van der Waals surface area contributed by atoms with Crippen LogP contribution in [0.1, 0.15) is 13.8 Å². The molecule has 6 heteroatoms. The van der Waals surface area contributed by atoms with Crippen LogP contribution in [0.5, 0.6) is 0 Å². The first kappa shape index (κ1) is 12.8. The summed E-state index contributed by atoms with van der Waals surface area (Å²) in [5, 5.41) is 37.3. The van der Waals surface area contributed by atoms with E-state index in [4.69, 9.17) is 14.6 Å². The zero-order chi connectivity index (χ0) is 11.6. The molecule has 1 fully saturated rings. The third-order valence-corrected chi connectivity index (χ3v) is 2.25. The molecular formula is C9H18O6. The Labute approximate surface area is 88.1 Å². The summed E-state index contributed by atoms with van der Waals surface area (Å²) in [4.78, 5) is 0. The van der Waals surface area contributed by atoms with Crippen LogP contribution < -0.4 is 0 Å². The molecule has 1 aliphatic rings. The molecule has 3 unspecified atom stereocenters. The lowest BCUT2D eigenvalue weighted by molar-refractivity contribution is -0.308. The lowest BCUT2D eigenvalue weighted by Crippen LogP contribution is -2.59. The van der Waals surface area contributed by atoms with Crippen LogP contribution in [0, 0.1) is 0 Å². The van der Waals surface area contributed by atoms with E-state index >= 15 is 0 Å². The number of rotatable bonds is 3. The fourth-order valence-electron chi connectivity index (χ4n) is 1.45. The topological polar surface area (TPSA) is 99.4 Å². The monoisotopic (exact) mass is 222 g/mol. The SMILES string of the molecule is CC(C)O[C@@H]1OC(CO)[C@@H](O)C(O)C1O. The number of ether oxygens (including phenoxy) is 2. The van der Waals surface area contributed by atoms with Crippen molar-refractivity contribution < 1.29 is 29.9 Å². The van der Waals surface area contributed by atoms with Gasteiger partial charge in [-0.25, -0.2) is 0 Å². The van der Waals surface area contributed by atoms with E-state index in [1.54, 1.807) is 13.8 Å². The molecule has 0 bridgehead atoms. The largest absolute Gasteiger partial charge is 0.394 e. The van der Waals surface area contributed by atoms with Crippen molar-refractivity contribution in [1.82, 2.24) is 0 Å². The Morgan fingerprint density at radius 1 is 1.13 bits per heavy atom. The van der Waals surface area contributed by atoms with Crippen LogP contribution in [0.2, 0.25) is 0 Å². The van der Waals surface area contributed by atoms with E-state index in [0.29, 0.717) is 0 Å². The Morgan fingerprint density at radius 3 is 2.20 bits per heavy atom. The van der Waals surface area contributed by atoms with Gasteiger partial charge in [0.2, 0.25) is 0 Å². The summed E-state index contributed by atoms with van der Waals surface area (Å²) in [6, 6.07) is 0. The van der Waals surface area contributed by atoms with Crippen LogP contribution >= 0.6 is 0 Å². The normalized spacial score (nSPS) is 42.2. The molecule has 1 saturated heterocycles. The van der Waals surface area contributed by atoms with Gasteiger partial charge in [0.1, 0.15) is 24.4 Å². The second-order valence-electron chi connectivity index (χ2n) is 3.88. The van der Waals surface area contributed by atoms with Crippen LogP contribution in [0.25, 0.3) is 0 Å². The first-order valence-electron chi connectivity index (χ1n) is 4.93. The van der Waals surface area contributed by atoms with Gasteiger partial charge in [0.25, 0.3) is 0 Å². The molecule has 0 aromatic heterocycles. The average Bonchev–Trinajstić information content (AvgIpc) is 2.18. The Balaban J connectivity index is 2.65. The van der Waals surface area contributed by atoms with Gasteiger partial charge in [-0.3, -0.25) is 0 Å². The number of hydrogen-bond acceptors (Lipinski definition) is 6. The molecule has 4 N–H and O–H groups in total. The van der Waals surface area contributed by atoms with Crippen molar-refractivity contribution in [3.63, 3.8) is 0 Å². The molecule has 90 valence electrons. The Bertz CT molecular complexity index is 195. The Hall–Kier alpha value is -0.240. The maximum absolute atomic E-state index is 9.53. The highest BCUT2D eigenvalue weighted by molar-refractivity contribution is 4.88. The fourth-order valence-corrected chi connectivity index (χ4v) is 1.45. The maximum atomic E-state index is 9.53. The minimum atomic E-state index is -1.38. The summed E-state index contributed by atoms with van der Waals surface area (Å²) in [6.07, 6.45) is -6.15. The number of aliphatic hydroxyl groups excluding tert-OH is 4. The molecule has 6 nitrogen and oxygen atoms in total. The van der Waals surface area contributed by atoms with Crippen molar-refractivity contribution in [2.75, 3.05) is 6.61 Å². The molecule has 1 heterocycles. The molecule has 15 heavy (non-hydrogen) atoms. The zero-order valence-corrected chi connectivity index (χ0v) is 8.78. The summed E-state index contributed by atoms with van der Waals surface area (Å²) in [5.74, 6) is 0. The highest BCUT2D eigenvalue weighted by Crippen LogP contribution is 2.22. The summed E-state index contributed by atoms with van der Waals surface area (Å²) in [7, 11) is 0. The van der Waals surface area contributed by atoms with E-state index in [9.17, 15) is 15.3 Å². The van der Waals surface area contributed by atoms with Gasteiger partial charge in [-0.1, -0.05) is 0 Å². The highest BCUT2D eigenvalue weighted by Gasteiger charge is 2.44. The third-order valence-electron chi connectivity index (χ3n) is 2.25. The van der Waals surface area contributed by atoms with Crippen molar-refractivity contribution >= 4 is 0 Å². The predicted octanol–water partition coefficient (Wildman–Crippen LogP) is -1.79. The number of hydrogen-bond donors (Lipinski definition) is 4. The lowest BCUT2D eigenvalue weighted by atomic mass is 9.99. The first-order chi connectivity index (χ1) is 6.97. The second-order valence-corrected chi connectivity index (χ2v) is 3.88. The van der Waals surface area contributed by atoms with Gasteiger partial charge >= 0.3 is 0 Å². The van der Waals surface area contributed by atoms with Gasteiger partial charge in [-0.2, -0.15) is 0 Å². The molecule has 1 rings (SSSR count). The Morgan fingerprint density at radius 2 is 1.73 bits per heavy atom. The van der Waals surface area contributed by atoms with Gasteiger partial charge in [0, 0.05) is 0 Å². The van der Waals surface area contributed by atoms with E-state index in [2.05, 4.69) is 0 Å².